The molecule has 1 aromatic rings. The zero-order valence-electron chi connectivity index (χ0n) is 10.5. The third-order valence-electron chi connectivity index (χ3n) is 2.40. The first-order chi connectivity index (χ1) is 8.13. The summed E-state index contributed by atoms with van der Waals surface area (Å²) in [4.78, 5) is 10.3. The first kappa shape index (κ1) is 14.4. The summed E-state index contributed by atoms with van der Waals surface area (Å²) in [5, 5.41) is 14.9. The van der Waals surface area contributed by atoms with E-state index < -0.39 is 14.8 Å². The van der Waals surface area contributed by atoms with Crippen molar-refractivity contribution >= 4 is 21.3 Å². The molecule has 9 heteroatoms. The number of rotatable bonds is 5. The first-order valence-electron chi connectivity index (χ1n) is 5.31. The SMILES string of the molecule is CC(C)c1nn(CCS(C)(=O)=O)c(N)c1[N+](=O)[O-]. The van der Waals surface area contributed by atoms with Crippen molar-refractivity contribution in [3.63, 3.8) is 0 Å². The van der Waals surface area contributed by atoms with Crippen molar-refractivity contribution in [2.24, 2.45) is 0 Å². The van der Waals surface area contributed by atoms with Crippen LogP contribution in [0, 0.1) is 10.1 Å². The Bertz CT molecular complexity index is 561. The molecule has 0 saturated heterocycles. The predicted octanol–water partition coefficient (Wildman–Crippen LogP) is 0.542. The molecule has 0 aromatic carbocycles. The molecule has 102 valence electrons. The van der Waals surface area contributed by atoms with Crippen LogP contribution in [0.5, 0.6) is 0 Å². The Morgan fingerprint density at radius 1 is 1.50 bits per heavy atom. The lowest BCUT2D eigenvalue weighted by Crippen LogP contribution is -2.14. The van der Waals surface area contributed by atoms with Gasteiger partial charge in [0.1, 0.15) is 15.5 Å². The molecule has 1 rings (SSSR count). The third kappa shape index (κ3) is 3.19. The van der Waals surface area contributed by atoms with Gasteiger partial charge in [-0.2, -0.15) is 5.10 Å². The number of sulfone groups is 1. The molecule has 0 saturated carbocycles. The van der Waals surface area contributed by atoms with Crippen molar-refractivity contribution < 1.29 is 13.3 Å². The van der Waals surface area contributed by atoms with E-state index in [9.17, 15) is 18.5 Å². The topological polar surface area (TPSA) is 121 Å². The fraction of sp³-hybridized carbons (Fsp3) is 0.667. The van der Waals surface area contributed by atoms with Gasteiger partial charge >= 0.3 is 5.69 Å². The van der Waals surface area contributed by atoms with E-state index in [2.05, 4.69) is 5.10 Å². The second-order valence-corrected chi connectivity index (χ2v) is 6.64. The second kappa shape index (κ2) is 4.92. The minimum Gasteiger partial charge on any atom is -0.378 e. The fourth-order valence-corrected chi connectivity index (χ4v) is 1.99. The number of nitro groups is 1. The lowest BCUT2D eigenvalue weighted by Gasteiger charge is -2.01. The van der Waals surface area contributed by atoms with E-state index in [1.807, 2.05) is 0 Å². The van der Waals surface area contributed by atoms with Gasteiger partial charge in [0.25, 0.3) is 0 Å². The summed E-state index contributed by atoms with van der Waals surface area (Å²) in [5.74, 6) is -0.423. The molecule has 0 aliphatic carbocycles. The van der Waals surface area contributed by atoms with Gasteiger partial charge < -0.3 is 5.73 Å². The van der Waals surface area contributed by atoms with E-state index in [0.29, 0.717) is 0 Å². The molecule has 2 N–H and O–H groups in total. The lowest BCUT2D eigenvalue weighted by atomic mass is 10.1. The molecule has 0 amide bonds. The molecule has 0 atom stereocenters. The van der Waals surface area contributed by atoms with Gasteiger partial charge in [-0.05, 0) is 0 Å². The summed E-state index contributed by atoms with van der Waals surface area (Å²) in [6.45, 7) is 3.53. The summed E-state index contributed by atoms with van der Waals surface area (Å²) in [6.07, 6.45) is 1.09. The second-order valence-electron chi connectivity index (χ2n) is 4.38. The Morgan fingerprint density at radius 3 is 2.39 bits per heavy atom. The maximum absolute atomic E-state index is 11.1. The number of nitrogens with zero attached hydrogens (tertiary/aromatic N) is 3. The molecular weight excluding hydrogens is 260 g/mol. The van der Waals surface area contributed by atoms with Gasteiger partial charge in [0, 0.05) is 12.2 Å². The van der Waals surface area contributed by atoms with Crippen molar-refractivity contribution in [2.75, 3.05) is 17.7 Å². The Labute approximate surface area is 105 Å². The maximum Gasteiger partial charge on any atom is 0.334 e. The quantitative estimate of drug-likeness (QED) is 0.618. The number of hydrogen-bond donors (Lipinski definition) is 1. The average molecular weight is 276 g/mol. The summed E-state index contributed by atoms with van der Waals surface area (Å²) in [7, 11) is -3.17. The highest BCUT2D eigenvalue weighted by Gasteiger charge is 2.27. The smallest absolute Gasteiger partial charge is 0.334 e. The van der Waals surface area contributed by atoms with Crippen molar-refractivity contribution in [3.05, 3.63) is 15.8 Å². The molecular formula is C9H16N4O4S. The van der Waals surface area contributed by atoms with E-state index in [4.69, 9.17) is 5.73 Å². The van der Waals surface area contributed by atoms with Crippen LogP contribution in [0.15, 0.2) is 0 Å². The van der Waals surface area contributed by atoms with Crippen LogP contribution in [-0.2, 0) is 16.4 Å². The molecule has 8 nitrogen and oxygen atoms in total. The summed E-state index contributed by atoms with van der Waals surface area (Å²) < 4.78 is 23.3. The van der Waals surface area contributed by atoms with Crippen LogP contribution < -0.4 is 5.73 Å². The van der Waals surface area contributed by atoms with E-state index in [0.717, 1.165) is 6.26 Å². The van der Waals surface area contributed by atoms with Gasteiger partial charge in [0.05, 0.1) is 17.2 Å². The number of hydrogen-bond acceptors (Lipinski definition) is 6. The molecule has 0 spiro atoms. The molecule has 0 aliphatic heterocycles. The minimum absolute atomic E-state index is 0.0121. The van der Waals surface area contributed by atoms with Gasteiger partial charge in [-0.25, -0.2) is 13.1 Å². The predicted molar refractivity (Wildman–Crippen MR) is 67.1 cm³/mol. The monoisotopic (exact) mass is 276 g/mol. The van der Waals surface area contributed by atoms with Crippen LogP contribution >= 0.6 is 0 Å². The molecule has 0 fully saturated rings. The Hall–Kier alpha value is -1.64. The van der Waals surface area contributed by atoms with Crippen molar-refractivity contribution in [2.45, 2.75) is 26.3 Å². The highest BCUT2D eigenvalue weighted by atomic mass is 32.2. The van der Waals surface area contributed by atoms with Crippen molar-refractivity contribution in [1.82, 2.24) is 9.78 Å². The zero-order chi connectivity index (χ0) is 14.1. The van der Waals surface area contributed by atoms with Crippen LogP contribution in [0.3, 0.4) is 0 Å². The largest absolute Gasteiger partial charge is 0.378 e. The lowest BCUT2D eigenvalue weighted by molar-refractivity contribution is -0.384. The summed E-state index contributed by atoms with van der Waals surface area (Å²) >= 11 is 0. The van der Waals surface area contributed by atoms with Crippen LogP contribution in [0.25, 0.3) is 0 Å². The number of nitrogen functional groups attached to an aromatic ring is 1. The first-order valence-corrected chi connectivity index (χ1v) is 7.38. The van der Waals surface area contributed by atoms with Gasteiger partial charge in [-0.3, -0.25) is 10.1 Å². The number of nitrogens with two attached hydrogens (primary N) is 1. The molecule has 1 heterocycles. The number of anilines is 1. The summed E-state index contributed by atoms with van der Waals surface area (Å²) in [6, 6.07) is 0. The number of aryl methyl sites for hydroxylation is 1. The Kier molecular flexibility index (Phi) is 3.95. The average Bonchev–Trinajstić information content (AvgIpc) is 2.51. The van der Waals surface area contributed by atoms with Crippen molar-refractivity contribution in [3.8, 4) is 0 Å². The van der Waals surface area contributed by atoms with E-state index in [1.54, 1.807) is 13.8 Å². The third-order valence-corrected chi connectivity index (χ3v) is 3.32. The van der Waals surface area contributed by atoms with E-state index in [1.165, 1.54) is 4.68 Å². The molecule has 18 heavy (non-hydrogen) atoms. The minimum atomic E-state index is -3.17. The van der Waals surface area contributed by atoms with Gasteiger partial charge in [0.2, 0.25) is 5.82 Å². The van der Waals surface area contributed by atoms with Crippen LogP contribution in [0.2, 0.25) is 0 Å². The molecule has 0 unspecified atom stereocenters. The Balaban J connectivity index is 3.15. The fourth-order valence-electron chi connectivity index (χ4n) is 1.48. The van der Waals surface area contributed by atoms with Gasteiger partial charge in [-0.1, -0.05) is 13.8 Å². The zero-order valence-corrected chi connectivity index (χ0v) is 11.3. The molecule has 1 aromatic heterocycles. The molecule has 0 aliphatic rings. The highest BCUT2D eigenvalue weighted by Crippen LogP contribution is 2.31. The summed E-state index contributed by atoms with van der Waals surface area (Å²) in [5.41, 5.74) is 5.67. The van der Waals surface area contributed by atoms with Gasteiger partial charge in [0.15, 0.2) is 0 Å². The Morgan fingerprint density at radius 2 is 2.06 bits per heavy atom. The van der Waals surface area contributed by atoms with Crippen LogP contribution in [0.1, 0.15) is 25.5 Å². The number of aromatic nitrogens is 2. The highest BCUT2D eigenvalue weighted by molar-refractivity contribution is 7.90. The van der Waals surface area contributed by atoms with Crippen molar-refractivity contribution in [1.29, 1.82) is 0 Å². The molecule has 0 radical (unpaired) electrons. The molecule has 0 bridgehead atoms. The standard InChI is InChI=1S/C9H16N4O4S/c1-6(2)7-8(13(14)15)9(10)12(11-7)4-5-18(3,16)17/h6H,4-5,10H2,1-3H3. The van der Waals surface area contributed by atoms with Crippen LogP contribution in [-0.4, -0.2) is 35.1 Å². The van der Waals surface area contributed by atoms with E-state index >= 15 is 0 Å². The maximum atomic E-state index is 11.1. The van der Waals surface area contributed by atoms with Gasteiger partial charge in [-0.15, -0.1) is 0 Å². The normalized spacial score (nSPS) is 12.0. The van der Waals surface area contributed by atoms with Crippen LogP contribution in [0.4, 0.5) is 11.5 Å². The van der Waals surface area contributed by atoms with E-state index in [-0.39, 0.29) is 35.4 Å².